The van der Waals surface area contributed by atoms with Crippen LogP contribution < -0.4 is 10.1 Å². The number of anilines is 1. The number of carbonyl (C=O) groups excluding carboxylic acids is 3. The number of halogens is 3. The molecule has 1 aliphatic rings. The largest absolute Gasteiger partial charge is 0.495 e. The number of benzene rings is 2. The van der Waals surface area contributed by atoms with Crippen molar-refractivity contribution in [3.05, 3.63) is 64.6 Å². The first-order valence-corrected chi connectivity index (χ1v) is 9.36. The number of carbonyl (C=O) groups is 3. The van der Waals surface area contributed by atoms with Gasteiger partial charge in [0.1, 0.15) is 12.3 Å². The SMILES string of the molecule is COc1ccccc1NC(=O)CN1C(=O)S/C(=C\c2ccc(C(F)(F)F)cc2)C1=O. The number of para-hydroxylation sites is 2. The second-order valence-electron chi connectivity index (χ2n) is 6.14. The molecule has 0 aliphatic carbocycles. The molecule has 0 aromatic heterocycles. The Balaban J connectivity index is 1.70. The number of imide groups is 1. The Morgan fingerprint density at radius 3 is 2.43 bits per heavy atom. The molecule has 1 heterocycles. The molecule has 3 amide bonds. The summed E-state index contributed by atoms with van der Waals surface area (Å²) in [5.74, 6) is -0.875. The van der Waals surface area contributed by atoms with E-state index in [2.05, 4.69) is 5.32 Å². The maximum Gasteiger partial charge on any atom is 0.416 e. The van der Waals surface area contributed by atoms with Gasteiger partial charge in [0.15, 0.2) is 0 Å². The summed E-state index contributed by atoms with van der Waals surface area (Å²) in [6, 6.07) is 10.8. The van der Waals surface area contributed by atoms with Crippen LogP contribution in [0.2, 0.25) is 0 Å². The van der Waals surface area contributed by atoms with E-state index in [-0.39, 0.29) is 4.91 Å². The maximum atomic E-state index is 12.6. The van der Waals surface area contributed by atoms with E-state index in [0.29, 0.717) is 28.8 Å². The van der Waals surface area contributed by atoms with Crippen molar-refractivity contribution >= 4 is 40.6 Å². The quantitative estimate of drug-likeness (QED) is 0.704. The third kappa shape index (κ3) is 4.82. The van der Waals surface area contributed by atoms with E-state index in [1.807, 2.05) is 0 Å². The zero-order valence-electron chi connectivity index (χ0n) is 15.5. The first-order chi connectivity index (χ1) is 14.2. The number of hydrogen-bond donors (Lipinski definition) is 1. The lowest BCUT2D eigenvalue weighted by atomic mass is 10.1. The van der Waals surface area contributed by atoms with Crippen molar-refractivity contribution in [3.8, 4) is 5.75 Å². The van der Waals surface area contributed by atoms with Crippen LogP contribution in [0.25, 0.3) is 6.08 Å². The number of alkyl halides is 3. The van der Waals surface area contributed by atoms with Crippen LogP contribution in [0.4, 0.5) is 23.7 Å². The third-order valence-electron chi connectivity index (χ3n) is 4.09. The van der Waals surface area contributed by atoms with Crippen molar-refractivity contribution in [3.63, 3.8) is 0 Å². The van der Waals surface area contributed by atoms with Crippen LogP contribution in [-0.2, 0) is 15.8 Å². The first-order valence-electron chi connectivity index (χ1n) is 8.54. The van der Waals surface area contributed by atoms with Gasteiger partial charge in [0.05, 0.1) is 23.3 Å². The Kier molecular flexibility index (Phi) is 6.16. The number of thioether (sulfide) groups is 1. The van der Waals surface area contributed by atoms with Gasteiger partial charge in [0.25, 0.3) is 11.1 Å². The molecule has 156 valence electrons. The Bertz CT molecular complexity index is 1020. The summed E-state index contributed by atoms with van der Waals surface area (Å²) in [7, 11) is 1.44. The molecule has 0 bridgehead atoms. The monoisotopic (exact) mass is 436 g/mol. The van der Waals surface area contributed by atoms with Gasteiger partial charge in [-0.05, 0) is 47.7 Å². The highest BCUT2D eigenvalue weighted by Crippen LogP contribution is 2.33. The minimum atomic E-state index is -4.47. The molecule has 0 spiro atoms. The summed E-state index contributed by atoms with van der Waals surface area (Å²) in [4.78, 5) is 37.7. The van der Waals surface area contributed by atoms with Gasteiger partial charge < -0.3 is 10.1 Å². The maximum absolute atomic E-state index is 12.6. The molecule has 0 atom stereocenters. The first kappa shape index (κ1) is 21.4. The third-order valence-corrected chi connectivity index (χ3v) is 5.00. The fourth-order valence-corrected chi connectivity index (χ4v) is 3.48. The second-order valence-corrected chi connectivity index (χ2v) is 7.13. The van der Waals surface area contributed by atoms with E-state index in [0.717, 1.165) is 17.0 Å². The number of nitrogens with one attached hydrogen (secondary N) is 1. The van der Waals surface area contributed by atoms with E-state index in [4.69, 9.17) is 4.74 Å². The number of ether oxygens (including phenoxy) is 1. The van der Waals surface area contributed by atoms with Crippen molar-refractivity contribution in [2.75, 3.05) is 19.0 Å². The number of nitrogens with zero attached hydrogens (tertiary/aromatic N) is 1. The van der Waals surface area contributed by atoms with Gasteiger partial charge in [-0.15, -0.1) is 0 Å². The van der Waals surface area contributed by atoms with Crippen LogP contribution in [0.5, 0.6) is 5.75 Å². The summed E-state index contributed by atoms with van der Waals surface area (Å²) in [6.45, 7) is -0.507. The van der Waals surface area contributed by atoms with Gasteiger partial charge in [-0.1, -0.05) is 24.3 Å². The smallest absolute Gasteiger partial charge is 0.416 e. The van der Waals surface area contributed by atoms with E-state index < -0.39 is 35.3 Å². The molecular weight excluding hydrogens is 421 g/mol. The summed E-state index contributed by atoms with van der Waals surface area (Å²) in [5.41, 5.74) is -0.106. The molecule has 1 N–H and O–H groups in total. The Hall–Kier alpha value is -3.27. The minimum Gasteiger partial charge on any atom is -0.495 e. The van der Waals surface area contributed by atoms with E-state index >= 15 is 0 Å². The summed E-state index contributed by atoms with van der Waals surface area (Å²) in [6.07, 6.45) is -3.16. The summed E-state index contributed by atoms with van der Waals surface area (Å²) in [5, 5.41) is 1.92. The number of hydrogen-bond acceptors (Lipinski definition) is 5. The molecule has 2 aromatic rings. The van der Waals surface area contributed by atoms with Gasteiger partial charge in [0, 0.05) is 0 Å². The predicted octanol–water partition coefficient (Wildman–Crippen LogP) is 4.39. The average Bonchev–Trinajstić information content (AvgIpc) is 2.95. The average molecular weight is 436 g/mol. The molecule has 10 heteroatoms. The van der Waals surface area contributed by atoms with Crippen molar-refractivity contribution < 1.29 is 32.3 Å². The number of rotatable bonds is 5. The van der Waals surface area contributed by atoms with Crippen LogP contribution in [0.3, 0.4) is 0 Å². The Morgan fingerprint density at radius 2 is 1.80 bits per heavy atom. The summed E-state index contributed by atoms with van der Waals surface area (Å²) >= 11 is 0.614. The van der Waals surface area contributed by atoms with Crippen LogP contribution in [0.1, 0.15) is 11.1 Å². The predicted molar refractivity (Wildman–Crippen MR) is 106 cm³/mol. The van der Waals surface area contributed by atoms with E-state index in [1.165, 1.54) is 25.3 Å². The molecule has 0 saturated carbocycles. The molecule has 1 saturated heterocycles. The molecular formula is C20H15F3N2O4S. The van der Waals surface area contributed by atoms with Gasteiger partial charge in [-0.25, -0.2) is 0 Å². The summed E-state index contributed by atoms with van der Waals surface area (Å²) < 4.78 is 43.1. The standard InChI is InChI=1S/C20H15F3N2O4S/c1-29-15-5-3-2-4-14(15)24-17(26)11-25-18(27)16(30-19(25)28)10-12-6-8-13(9-7-12)20(21,22)23/h2-10H,11H2,1H3,(H,24,26)/b16-10-. The molecule has 2 aromatic carbocycles. The molecule has 6 nitrogen and oxygen atoms in total. The highest BCUT2D eigenvalue weighted by Gasteiger charge is 2.36. The fourth-order valence-electron chi connectivity index (χ4n) is 2.64. The molecule has 30 heavy (non-hydrogen) atoms. The van der Waals surface area contributed by atoms with Crippen LogP contribution in [0, 0.1) is 0 Å². The minimum absolute atomic E-state index is 0.0184. The van der Waals surface area contributed by atoms with Gasteiger partial charge in [0.2, 0.25) is 5.91 Å². The lowest BCUT2D eigenvalue weighted by molar-refractivity contribution is -0.137. The topological polar surface area (TPSA) is 75.7 Å². The second kappa shape index (κ2) is 8.62. The van der Waals surface area contributed by atoms with Crippen LogP contribution >= 0.6 is 11.8 Å². The molecule has 1 aliphatic heterocycles. The Labute approximate surface area is 173 Å². The van der Waals surface area contributed by atoms with Crippen LogP contribution in [0.15, 0.2) is 53.4 Å². The van der Waals surface area contributed by atoms with Crippen LogP contribution in [-0.4, -0.2) is 35.6 Å². The molecule has 3 rings (SSSR count). The highest BCUT2D eigenvalue weighted by atomic mass is 32.2. The number of amides is 3. The van der Waals surface area contributed by atoms with Crippen molar-refractivity contribution in [1.82, 2.24) is 4.90 Å². The normalized spacial score (nSPS) is 15.6. The van der Waals surface area contributed by atoms with E-state index in [9.17, 15) is 27.6 Å². The fraction of sp³-hybridized carbons (Fsp3) is 0.150. The number of methoxy groups -OCH3 is 1. The van der Waals surface area contributed by atoms with E-state index in [1.54, 1.807) is 24.3 Å². The molecule has 0 unspecified atom stereocenters. The zero-order chi connectivity index (χ0) is 21.9. The van der Waals surface area contributed by atoms with Crippen molar-refractivity contribution in [2.24, 2.45) is 0 Å². The molecule has 1 fully saturated rings. The van der Waals surface area contributed by atoms with Crippen molar-refractivity contribution in [1.29, 1.82) is 0 Å². The Morgan fingerprint density at radius 1 is 1.13 bits per heavy atom. The zero-order valence-corrected chi connectivity index (χ0v) is 16.3. The lowest BCUT2D eigenvalue weighted by Gasteiger charge is -2.14. The van der Waals surface area contributed by atoms with Crippen molar-refractivity contribution in [2.45, 2.75) is 6.18 Å². The lowest BCUT2D eigenvalue weighted by Crippen LogP contribution is -2.36. The van der Waals surface area contributed by atoms with Gasteiger partial charge >= 0.3 is 6.18 Å². The highest BCUT2D eigenvalue weighted by molar-refractivity contribution is 8.18. The molecule has 0 radical (unpaired) electrons. The van der Waals surface area contributed by atoms with Gasteiger partial charge in [-0.2, -0.15) is 13.2 Å². The van der Waals surface area contributed by atoms with Gasteiger partial charge in [-0.3, -0.25) is 19.3 Å².